The van der Waals surface area contributed by atoms with Crippen molar-refractivity contribution in [2.45, 2.75) is 97.9 Å². The molecular formula is C29H42O5. The number of rotatable bonds is 5. The molecule has 0 aliphatic heterocycles. The Morgan fingerprint density at radius 3 is 2.32 bits per heavy atom. The molecule has 0 aromatic carbocycles. The minimum absolute atomic E-state index is 0.0414. The van der Waals surface area contributed by atoms with Crippen molar-refractivity contribution in [3.05, 3.63) is 47.1 Å². The van der Waals surface area contributed by atoms with Gasteiger partial charge >= 0.3 is 0 Å². The summed E-state index contributed by atoms with van der Waals surface area (Å²) < 4.78 is 0. The van der Waals surface area contributed by atoms with Crippen molar-refractivity contribution in [3.8, 4) is 0 Å². The second-order valence-corrected chi connectivity index (χ2v) is 12.1. The van der Waals surface area contributed by atoms with Gasteiger partial charge in [0.1, 0.15) is 0 Å². The van der Waals surface area contributed by atoms with Crippen LogP contribution in [0.2, 0.25) is 0 Å². The smallest absolute Gasteiger partial charge is 0.181 e. The molecule has 0 spiro atoms. The molecule has 0 saturated heterocycles. The minimum Gasteiger partial charge on any atom is -0.390 e. The van der Waals surface area contributed by atoms with E-state index in [1.807, 2.05) is 13.0 Å². The summed E-state index contributed by atoms with van der Waals surface area (Å²) in [6.07, 6.45) is 10.9. The number of fused-ring (bicyclic) bond motifs is 3. The monoisotopic (exact) mass is 470 g/mol. The van der Waals surface area contributed by atoms with Crippen LogP contribution < -0.4 is 0 Å². The van der Waals surface area contributed by atoms with Gasteiger partial charge in [0.25, 0.3) is 0 Å². The number of aliphatic hydroxyl groups is 3. The number of hydrogen-bond donors (Lipinski definition) is 3. The van der Waals surface area contributed by atoms with Crippen molar-refractivity contribution in [2.24, 2.45) is 22.7 Å². The Balaban J connectivity index is 1.89. The first-order valence-corrected chi connectivity index (χ1v) is 12.5. The molecule has 0 bridgehead atoms. The van der Waals surface area contributed by atoms with E-state index in [1.54, 1.807) is 45.9 Å². The van der Waals surface area contributed by atoms with Crippen LogP contribution in [0.5, 0.6) is 0 Å². The lowest BCUT2D eigenvalue weighted by Crippen LogP contribution is -2.62. The second-order valence-electron chi connectivity index (χ2n) is 12.1. The maximum Gasteiger partial charge on any atom is 0.181 e. The Bertz CT molecular complexity index is 973. The van der Waals surface area contributed by atoms with E-state index in [0.29, 0.717) is 24.0 Å². The van der Waals surface area contributed by atoms with Crippen molar-refractivity contribution < 1.29 is 24.9 Å². The largest absolute Gasteiger partial charge is 0.390 e. The first-order valence-electron chi connectivity index (χ1n) is 12.5. The third kappa shape index (κ3) is 4.67. The van der Waals surface area contributed by atoms with E-state index < -0.39 is 22.7 Å². The quantitative estimate of drug-likeness (QED) is 0.403. The average Bonchev–Trinajstić information content (AvgIpc) is 2.99. The van der Waals surface area contributed by atoms with E-state index in [9.17, 15) is 24.9 Å². The Hall–Kier alpha value is -1.82. The molecule has 3 N–H and O–H groups in total. The third-order valence-corrected chi connectivity index (χ3v) is 8.99. The summed E-state index contributed by atoms with van der Waals surface area (Å²) in [5.74, 6) is -0.155. The number of Topliss-reactive ketones (excluding diaryl/α,β-unsaturated/α-hetero) is 1. The van der Waals surface area contributed by atoms with Crippen LogP contribution in [0.1, 0.15) is 80.6 Å². The summed E-state index contributed by atoms with van der Waals surface area (Å²) in [6, 6.07) is 0. The molecule has 0 amide bonds. The molecule has 34 heavy (non-hydrogen) atoms. The molecule has 0 radical (unpaired) electrons. The van der Waals surface area contributed by atoms with Crippen molar-refractivity contribution in [2.75, 3.05) is 0 Å². The first-order chi connectivity index (χ1) is 15.5. The normalized spacial score (nSPS) is 40.6. The lowest BCUT2D eigenvalue weighted by molar-refractivity contribution is -0.206. The molecule has 3 aliphatic carbocycles. The van der Waals surface area contributed by atoms with Crippen molar-refractivity contribution in [1.82, 2.24) is 0 Å². The maximum atomic E-state index is 13.3. The predicted molar refractivity (Wildman–Crippen MR) is 134 cm³/mol. The van der Waals surface area contributed by atoms with Gasteiger partial charge in [-0.25, -0.2) is 0 Å². The Labute approximate surface area is 204 Å². The molecular weight excluding hydrogens is 428 g/mol. The van der Waals surface area contributed by atoms with Gasteiger partial charge < -0.3 is 15.3 Å². The highest BCUT2D eigenvalue weighted by atomic mass is 16.3. The van der Waals surface area contributed by atoms with Crippen LogP contribution in [0, 0.1) is 22.7 Å². The van der Waals surface area contributed by atoms with Gasteiger partial charge in [-0.3, -0.25) is 9.59 Å². The second kappa shape index (κ2) is 9.00. The van der Waals surface area contributed by atoms with E-state index in [2.05, 4.69) is 13.8 Å². The topological polar surface area (TPSA) is 94.8 Å². The molecule has 0 unspecified atom stereocenters. The standard InChI is InChI=1S/C29H42O5/c1-18(9-8-14-26(3,4)33)10-11-20(30)19(2)25-21(31)17-23-27(5)16-13-24(32)29(7,34)22(27)12-15-28(23,25)6/h8-11,14,22-24,32-34H,12-13,15-17H2,1-7H3/b11-10+,14-8+,18-9+,25-19+/t22-,23+,24+,27+,28+,29-/m1/s1. The van der Waals surface area contributed by atoms with Gasteiger partial charge in [0.05, 0.1) is 17.3 Å². The summed E-state index contributed by atoms with van der Waals surface area (Å²) in [7, 11) is 0. The van der Waals surface area contributed by atoms with E-state index in [0.717, 1.165) is 24.8 Å². The van der Waals surface area contributed by atoms with Crippen LogP contribution in [0.3, 0.4) is 0 Å². The molecule has 0 heterocycles. The van der Waals surface area contributed by atoms with Gasteiger partial charge in [0.2, 0.25) is 0 Å². The lowest BCUT2D eigenvalue weighted by atomic mass is 9.45. The van der Waals surface area contributed by atoms with Crippen molar-refractivity contribution in [1.29, 1.82) is 0 Å². The van der Waals surface area contributed by atoms with Crippen LogP contribution in [0.4, 0.5) is 0 Å². The average molecular weight is 471 g/mol. The first kappa shape index (κ1) is 26.8. The van der Waals surface area contributed by atoms with Crippen LogP contribution in [0.15, 0.2) is 47.1 Å². The third-order valence-electron chi connectivity index (χ3n) is 8.99. The number of ketones is 2. The summed E-state index contributed by atoms with van der Waals surface area (Å²) in [5.41, 5.74) is -0.707. The SMILES string of the molecule is C/C(C(=O)/C=C/C(C)=C/C=C/C(C)(C)O)=C1/C(=O)C[C@H]2[C@@]3(C)CC[C@H](O)[C@](C)(O)[C@@H]3CC[C@]12C. The van der Waals surface area contributed by atoms with Crippen LogP contribution in [-0.4, -0.2) is 44.2 Å². The summed E-state index contributed by atoms with van der Waals surface area (Å²) in [4.78, 5) is 26.4. The summed E-state index contributed by atoms with van der Waals surface area (Å²) >= 11 is 0. The number of carbonyl (C=O) groups excluding carboxylic acids is 2. The van der Waals surface area contributed by atoms with Gasteiger partial charge in [-0.1, -0.05) is 43.7 Å². The van der Waals surface area contributed by atoms with Crippen molar-refractivity contribution >= 4 is 11.6 Å². The summed E-state index contributed by atoms with van der Waals surface area (Å²) in [6.45, 7) is 13.0. The highest BCUT2D eigenvalue weighted by Gasteiger charge is 2.65. The van der Waals surface area contributed by atoms with Crippen LogP contribution in [0.25, 0.3) is 0 Å². The molecule has 3 fully saturated rings. The molecule has 188 valence electrons. The number of carbonyl (C=O) groups is 2. The molecule has 0 aromatic heterocycles. The molecule has 3 saturated carbocycles. The fourth-order valence-corrected chi connectivity index (χ4v) is 7.15. The molecule has 5 nitrogen and oxygen atoms in total. The Kier molecular flexibility index (Phi) is 7.09. The lowest BCUT2D eigenvalue weighted by Gasteiger charge is -2.61. The molecule has 5 heteroatoms. The molecule has 3 aliphatic rings. The fourth-order valence-electron chi connectivity index (χ4n) is 7.15. The van der Waals surface area contributed by atoms with E-state index in [4.69, 9.17) is 0 Å². The van der Waals surface area contributed by atoms with Crippen LogP contribution in [-0.2, 0) is 9.59 Å². The number of hydrogen-bond acceptors (Lipinski definition) is 5. The molecule has 6 atom stereocenters. The van der Waals surface area contributed by atoms with Crippen LogP contribution >= 0.6 is 0 Å². The summed E-state index contributed by atoms with van der Waals surface area (Å²) in [5, 5.41) is 31.4. The maximum absolute atomic E-state index is 13.3. The molecule has 3 rings (SSSR count). The van der Waals surface area contributed by atoms with E-state index in [1.165, 1.54) is 6.08 Å². The molecule has 0 aromatic rings. The van der Waals surface area contributed by atoms with Gasteiger partial charge in [-0.05, 0) is 83.6 Å². The van der Waals surface area contributed by atoms with Gasteiger partial charge in [-0.15, -0.1) is 0 Å². The number of allylic oxidation sites excluding steroid dienone is 7. The number of aliphatic hydroxyl groups excluding tert-OH is 1. The van der Waals surface area contributed by atoms with E-state index >= 15 is 0 Å². The van der Waals surface area contributed by atoms with E-state index in [-0.39, 0.29) is 28.8 Å². The zero-order valence-corrected chi connectivity index (χ0v) is 21.8. The highest BCUT2D eigenvalue weighted by Crippen LogP contribution is 2.67. The fraction of sp³-hybridized carbons (Fsp3) is 0.655. The Morgan fingerprint density at radius 2 is 1.71 bits per heavy atom. The highest BCUT2D eigenvalue weighted by molar-refractivity contribution is 6.12. The predicted octanol–water partition coefficient (Wildman–Crippen LogP) is 4.62. The zero-order chi connectivity index (χ0) is 25.7. The zero-order valence-electron chi connectivity index (χ0n) is 21.8. The van der Waals surface area contributed by atoms with Gasteiger partial charge in [0, 0.05) is 23.0 Å². The Morgan fingerprint density at radius 1 is 1.06 bits per heavy atom. The van der Waals surface area contributed by atoms with Crippen molar-refractivity contribution in [3.63, 3.8) is 0 Å². The van der Waals surface area contributed by atoms with Gasteiger partial charge in [0.15, 0.2) is 11.6 Å². The van der Waals surface area contributed by atoms with Gasteiger partial charge in [-0.2, -0.15) is 0 Å². The minimum atomic E-state index is -1.17.